The number of thiophene rings is 1. The van der Waals surface area contributed by atoms with E-state index < -0.39 is 0 Å². The SMILES string of the molecule is C1=CC(C2C=CC(N(c3ccc4c(c3)sc3ccccc34)c3cccc4c3oc3ccccc34)=CC2)=C(c2ccc3c4ccccc4n(-c4ccccc4)c3c2)CC1. The number of fused-ring (bicyclic) bond motifs is 9. The first-order valence-corrected chi connectivity index (χ1v) is 21.1. The van der Waals surface area contributed by atoms with Gasteiger partial charge in [0.2, 0.25) is 0 Å². The Morgan fingerprint density at radius 2 is 1.36 bits per heavy atom. The molecule has 0 saturated heterocycles. The molecule has 12 rings (SSSR count). The molecule has 7 aromatic carbocycles. The lowest BCUT2D eigenvalue weighted by Crippen LogP contribution is -2.18. The molecule has 1 unspecified atom stereocenters. The molecule has 4 heteroatoms. The molecular formula is C54H38N2OS. The zero-order chi connectivity index (χ0) is 38.2. The highest BCUT2D eigenvalue weighted by Gasteiger charge is 2.25. The van der Waals surface area contributed by atoms with Gasteiger partial charge in [-0.2, -0.15) is 0 Å². The van der Waals surface area contributed by atoms with Crippen molar-refractivity contribution in [3.63, 3.8) is 0 Å². The van der Waals surface area contributed by atoms with Crippen LogP contribution in [0.25, 0.3) is 75.2 Å². The molecule has 10 aromatic rings. The largest absolute Gasteiger partial charge is 0.454 e. The van der Waals surface area contributed by atoms with Gasteiger partial charge in [-0.3, -0.25) is 0 Å². The van der Waals surface area contributed by atoms with E-state index in [4.69, 9.17) is 4.42 Å². The summed E-state index contributed by atoms with van der Waals surface area (Å²) in [7, 11) is 0. The Hall–Kier alpha value is -6.88. The number of benzene rings is 7. The summed E-state index contributed by atoms with van der Waals surface area (Å²) in [5, 5.41) is 7.45. The molecule has 0 bridgehead atoms. The van der Waals surface area contributed by atoms with Crippen molar-refractivity contribution in [1.82, 2.24) is 4.57 Å². The zero-order valence-electron chi connectivity index (χ0n) is 31.8. The maximum atomic E-state index is 6.67. The van der Waals surface area contributed by atoms with Crippen molar-refractivity contribution >= 4 is 92.2 Å². The molecule has 0 N–H and O–H groups in total. The number of furan rings is 1. The lowest BCUT2D eigenvalue weighted by Gasteiger charge is -2.30. The minimum absolute atomic E-state index is 0.264. The van der Waals surface area contributed by atoms with E-state index in [0.717, 1.165) is 58.3 Å². The van der Waals surface area contributed by atoms with Crippen molar-refractivity contribution in [3.05, 3.63) is 205 Å². The average molecular weight is 763 g/mol. The highest BCUT2D eigenvalue weighted by atomic mass is 32.1. The molecule has 2 aliphatic carbocycles. The van der Waals surface area contributed by atoms with Gasteiger partial charge < -0.3 is 13.9 Å². The van der Waals surface area contributed by atoms with Crippen LogP contribution >= 0.6 is 11.3 Å². The van der Waals surface area contributed by atoms with E-state index in [9.17, 15) is 0 Å². The Labute approximate surface area is 340 Å². The number of para-hydroxylation sites is 4. The maximum absolute atomic E-state index is 6.67. The molecule has 0 radical (unpaired) electrons. The van der Waals surface area contributed by atoms with Gasteiger partial charge in [0, 0.05) is 64.7 Å². The minimum atomic E-state index is 0.264. The fourth-order valence-electron chi connectivity index (χ4n) is 9.55. The normalized spacial score (nSPS) is 15.8. The van der Waals surface area contributed by atoms with Crippen LogP contribution in [0.3, 0.4) is 0 Å². The summed E-state index contributed by atoms with van der Waals surface area (Å²) >= 11 is 1.86. The first-order valence-electron chi connectivity index (χ1n) is 20.3. The molecule has 0 aliphatic heterocycles. The van der Waals surface area contributed by atoms with Crippen LogP contribution in [0, 0.1) is 5.92 Å². The summed E-state index contributed by atoms with van der Waals surface area (Å²) in [5.74, 6) is 0.264. The highest BCUT2D eigenvalue weighted by molar-refractivity contribution is 7.25. The van der Waals surface area contributed by atoms with Crippen molar-refractivity contribution in [2.45, 2.75) is 19.3 Å². The van der Waals surface area contributed by atoms with E-state index in [-0.39, 0.29) is 5.92 Å². The third kappa shape index (κ3) is 5.25. The molecule has 1 atom stereocenters. The van der Waals surface area contributed by atoms with Crippen LogP contribution in [0.4, 0.5) is 11.4 Å². The lowest BCUT2D eigenvalue weighted by atomic mass is 9.81. The predicted molar refractivity (Wildman–Crippen MR) is 247 cm³/mol. The van der Waals surface area contributed by atoms with Crippen molar-refractivity contribution in [3.8, 4) is 5.69 Å². The zero-order valence-corrected chi connectivity index (χ0v) is 32.6. The molecule has 0 amide bonds. The summed E-state index contributed by atoms with van der Waals surface area (Å²) in [4.78, 5) is 2.41. The molecular weight excluding hydrogens is 725 g/mol. The Morgan fingerprint density at radius 1 is 0.603 bits per heavy atom. The van der Waals surface area contributed by atoms with Gasteiger partial charge >= 0.3 is 0 Å². The summed E-state index contributed by atoms with van der Waals surface area (Å²) in [5.41, 5.74) is 13.0. The van der Waals surface area contributed by atoms with Gasteiger partial charge in [-0.05, 0) is 96.6 Å². The Morgan fingerprint density at radius 3 is 2.26 bits per heavy atom. The van der Waals surface area contributed by atoms with Crippen LogP contribution in [0.15, 0.2) is 204 Å². The smallest absolute Gasteiger partial charge is 0.159 e. The summed E-state index contributed by atoms with van der Waals surface area (Å²) in [6.07, 6.45) is 14.9. The van der Waals surface area contributed by atoms with Gasteiger partial charge in [0.25, 0.3) is 0 Å². The molecule has 276 valence electrons. The van der Waals surface area contributed by atoms with Crippen LogP contribution in [-0.2, 0) is 0 Å². The monoisotopic (exact) mass is 762 g/mol. The second-order valence-electron chi connectivity index (χ2n) is 15.5. The Balaban J connectivity index is 0.966. The molecule has 3 aromatic heterocycles. The number of rotatable bonds is 6. The van der Waals surface area contributed by atoms with Crippen molar-refractivity contribution in [2.75, 3.05) is 4.90 Å². The Bertz CT molecular complexity index is 3390. The molecule has 2 aliphatic rings. The number of aromatic nitrogens is 1. The molecule has 0 fully saturated rings. The number of anilines is 2. The van der Waals surface area contributed by atoms with E-state index in [1.165, 1.54) is 64.4 Å². The fraction of sp³-hybridized carbons (Fsp3) is 0.0741. The highest BCUT2D eigenvalue weighted by Crippen LogP contribution is 2.45. The van der Waals surface area contributed by atoms with Crippen molar-refractivity contribution in [2.24, 2.45) is 5.92 Å². The number of hydrogen-bond acceptors (Lipinski definition) is 3. The van der Waals surface area contributed by atoms with E-state index in [2.05, 4.69) is 192 Å². The topological polar surface area (TPSA) is 21.3 Å². The maximum Gasteiger partial charge on any atom is 0.159 e. The molecule has 3 nitrogen and oxygen atoms in total. The number of hydrogen-bond donors (Lipinski definition) is 0. The van der Waals surface area contributed by atoms with Gasteiger partial charge in [0.15, 0.2) is 5.58 Å². The number of allylic oxidation sites excluding steroid dienone is 7. The fourth-order valence-corrected chi connectivity index (χ4v) is 10.7. The summed E-state index contributed by atoms with van der Waals surface area (Å²) in [6, 6.07) is 57.3. The first-order chi connectivity index (χ1) is 28.8. The first kappa shape index (κ1) is 33.3. The lowest BCUT2D eigenvalue weighted by molar-refractivity contribution is 0.668. The third-order valence-corrected chi connectivity index (χ3v) is 13.4. The predicted octanol–water partition coefficient (Wildman–Crippen LogP) is 15.5. The Kier molecular flexibility index (Phi) is 7.67. The van der Waals surface area contributed by atoms with Gasteiger partial charge in [-0.15, -0.1) is 11.3 Å². The van der Waals surface area contributed by atoms with Crippen LogP contribution in [0.2, 0.25) is 0 Å². The van der Waals surface area contributed by atoms with E-state index in [1.807, 2.05) is 17.4 Å². The van der Waals surface area contributed by atoms with Crippen molar-refractivity contribution < 1.29 is 4.42 Å². The van der Waals surface area contributed by atoms with Crippen LogP contribution in [0.1, 0.15) is 24.8 Å². The second kappa shape index (κ2) is 13.4. The number of nitrogens with zero attached hydrogens (tertiary/aromatic N) is 2. The van der Waals surface area contributed by atoms with Gasteiger partial charge in [0.05, 0.1) is 16.7 Å². The quantitative estimate of drug-likeness (QED) is 0.168. The van der Waals surface area contributed by atoms with Gasteiger partial charge in [-0.25, -0.2) is 0 Å². The second-order valence-corrected chi connectivity index (χ2v) is 16.6. The molecule has 0 saturated carbocycles. The van der Waals surface area contributed by atoms with E-state index in [1.54, 1.807) is 0 Å². The van der Waals surface area contributed by atoms with Gasteiger partial charge in [-0.1, -0.05) is 127 Å². The van der Waals surface area contributed by atoms with Crippen molar-refractivity contribution in [1.29, 1.82) is 0 Å². The summed E-state index contributed by atoms with van der Waals surface area (Å²) < 4.78 is 11.7. The summed E-state index contributed by atoms with van der Waals surface area (Å²) in [6.45, 7) is 0. The van der Waals surface area contributed by atoms with Crippen LogP contribution in [0.5, 0.6) is 0 Å². The van der Waals surface area contributed by atoms with Gasteiger partial charge in [0.1, 0.15) is 5.58 Å². The average Bonchev–Trinajstić information content (AvgIpc) is 3.96. The molecule has 3 heterocycles. The minimum Gasteiger partial charge on any atom is -0.454 e. The van der Waals surface area contributed by atoms with E-state index in [0.29, 0.717) is 0 Å². The third-order valence-electron chi connectivity index (χ3n) is 12.2. The van der Waals surface area contributed by atoms with E-state index >= 15 is 0 Å². The molecule has 0 spiro atoms. The standard InChI is InChI=1S/C54H38N2OS/c1-2-13-37(14-3-1)56-48-21-9-6-17-42(48)43-31-27-36(33-50(43)56)41-16-5-4-15-40(41)35-25-28-38(29-26-35)55(39-30-32-46-45-19-8-11-24-52(45)58-53(46)34-39)49-22-12-20-47-44-18-7-10-23-51(44)57-54(47)49/h1-4,6-15,17-25,27-35H,5,16,26H2. The van der Waals surface area contributed by atoms with Crippen LogP contribution in [-0.4, -0.2) is 4.57 Å². The van der Waals surface area contributed by atoms with Crippen LogP contribution < -0.4 is 4.90 Å². The molecule has 58 heavy (non-hydrogen) atoms.